The molecule has 212 valence electrons. The zero-order valence-corrected chi connectivity index (χ0v) is 24.4. The minimum Gasteiger partial charge on any atom is -0.398 e. The summed E-state index contributed by atoms with van der Waals surface area (Å²) in [6.45, 7) is 12.9. The molecule has 1 aromatic carbocycles. The molecular weight excluding hydrogens is 526 g/mol. The Kier molecular flexibility index (Phi) is 6.29. The van der Waals surface area contributed by atoms with E-state index in [4.69, 9.17) is 27.8 Å². The molecule has 3 heterocycles. The SMILES string of the molecule is C=CC(=O)N1CC2(CC(n3nc(N4CCN(C(C)=O)C5(CCC5)C4)c(-c4c(Cl)c(C)cc(N)c4C=N)c3C)C2)C1. The molecular formula is C30H38ClN7O2. The van der Waals surface area contributed by atoms with Gasteiger partial charge in [-0.05, 0) is 63.7 Å². The molecule has 10 heteroatoms. The third-order valence-electron chi connectivity index (χ3n) is 9.88. The third kappa shape index (κ3) is 3.88. The van der Waals surface area contributed by atoms with Crippen LogP contribution in [0.25, 0.3) is 11.1 Å². The summed E-state index contributed by atoms with van der Waals surface area (Å²) in [6, 6.07) is 2.04. The first-order valence-corrected chi connectivity index (χ1v) is 14.5. The lowest BCUT2D eigenvalue weighted by Crippen LogP contribution is -2.67. The number of nitrogens with one attached hydrogen (secondary N) is 1. The molecule has 2 aliphatic carbocycles. The molecule has 2 amide bonds. The standard InChI is InChI=1S/C30H38ClN7O2/c1-5-24(40)36-15-29(16-36)12-21(13-29)38-19(3)25(26-22(14-32)23(33)11-18(2)27(26)31)28(34-38)35-9-10-37(20(4)39)30(17-35)7-6-8-30/h5,11,14,21,32H,1,6-10,12-13,15-17,33H2,2-4H3. The number of likely N-dealkylation sites (tertiary alicyclic amines) is 1. The fraction of sp³-hybridized carbons (Fsp3) is 0.533. The van der Waals surface area contributed by atoms with Gasteiger partial charge in [0, 0.05) is 79.3 Å². The number of amides is 2. The predicted octanol–water partition coefficient (Wildman–Crippen LogP) is 4.34. The van der Waals surface area contributed by atoms with Crippen LogP contribution in [-0.2, 0) is 9.59 Å². The van der Waals surface area contributed by atoms with Crippen LogP contribution in [0.15, 0.2) is 18.7 Å². The van der Waals surface area contributed by atoms with Crippen molar-refractivity contribution in [3.63, 3.8) is 0 Å². The number of hydrogen-bond donors (Lipinski definition) is 2. The average Bonchev–Trinajstić information content (AvgIpc) is 3.18. The number of nitrogen functional groups attached to an aromatic ring is 1. The summed E-state index contributed by atoms with van der Waals surface area (Å²) in [4.78, 5) is 30.8. The van der Waals surface area contributed by atoms with Gasteiger partial charge in [-0.3, -0.25) is 14.3 Å². The first-order valence-electron chi connectivity index (χ1n) is 14.2. The van der Waals surface area contributed by atoms with Crippen molar-refractivity contribution >= 4 is 41.1 Å². The van der Waals surface area contributed by atoms with E-state index in [9.17, 15) is 9.59 Å². The van der Waals surface area contributed by atoms with Gasteiger partial charge in [-0.2, -0.15) is 5.10 Å². The summed E-state index contributed by atoms with van der Waals surface area (Å²) in [7, 11) is 0. The average molecular weight is 564 g/mol. The van der Waals surface area contributed by atoms with E-state index in [1.54, 1.807) is 6.92 Å². The lowest BCUT2D eigenvalue weighted by Gasteiger charge is -2.58. The monoisotopic (exact) mass is 563 g/mol. The van der Waals surface area contributed by atoms with E-state index in [1.165, 1.54) is 12.3 Å². The van der Waals surface area contributed by atoms with Gasteiger partial charge in [-0.25, -0.2) is 0 Å². The van der Waals surface area contributed by atoms with Crippen molar-refractivity contribution in [1.29, 1.82) is 5.41 Å². The molecule has 2 aromatic rings. The number of nitrogens with zero attached hydrogens (tertiary/aromatic N) is 5. The van der Waals surface area contributed by atoms with Gasteiger partial charge in [0.25, 0.3) is 0 Å². The molecule has 2 aliphatic heterocycles. The van der Waals surface area contributed by atoms with Crippen LogP contribution < -0.4 is 10.6 Å². The van der Waals surface area contributed by atoms with Crippen LogP contribution in [0.1, 0.15) is 61.9 Å². The van der Waals surface area contributed by atoms with Gasteiger partial charge in [0.1, 0.15) is 0 Å². The Morgan fingerprint density at radius 1 is 1.18 bits per heavy atom. The van der Waals surface area contributed by atoms with Crippen molar-refractivity contribution in [2.75, 3.05) is 43.4 Å². The van der Waals surface area contributed by atoms with Crippen molar-refractivity contribution in [1.82, 2.24) is 19.6 Å². The minimum absolute atomic E-state index is 0.00519. The Morgan fingerprint density at radius 3 is 2.45 bits per heavy atom. The van der Waals surface area contributed by atoms with Gasteiger partial charge in [0.05, 0.1) is 16.6 Å². The van der Waals surface area contributed by atoms with E-state index in [0.717, 1.165) is 79.9 Å². The zero-order valence-electron chi connectivity index (χ0n) is 23.6. The van der Waals surface area contributed by atoms with Crippen LogP contribution in [0.2, 0.25) is 5.02 Å². The maximum absolute atomic E-state index is 12.5. The Labute approximate surface area is 240 Å². The summed E-state index contributed by atoms with van der Waals surface area (Å²) < 4.78 is 2.14. The topological polar surface area (TPSA) is 112 Å². The number of aryl methyl sites for hydroxylation is 1. The lowest BCUT2D eigenvalue weighted by molar-refractivity contribution is -0.149. The second-order valence-electron chi connectivity index (χ2n) is 12.4. The Morgan fingerprint density at radius 2 is 1.88 bits per heavy atom. The van der Waals surface area contributed by atoms with Gasteiger partial charge >= 0.3 is 0 Å². The summed E-state index contributed by atoms with van der Waals surface area (Å²) in [5.41, 5.74) is 11.1. The quantitative estimate of drug-likeness (QED) is 0.319. The second-order valence-corrected chi connectivity index (χ2v) is 12.8. The van der Waals surface area contributed by atoms with E-state index in [-0.39, 0.29) is 28.8 Å². The number of anilines is 2. The van der Waals surface area contributed by atoms with Gasteiger partial charge in [0.15, 0.2) is 5.82 Å². The van der Waals surface area contributed by atoms with Crippen LogP contribution in [0.4, 0.5) is 11.5 Å². The summed E-state index contributed by atoms with van der Waals surface area (Å²) in [5, 5.41) is 14.1. The third-order valence-corrected chi connectivity index (χ3v) is 10.4. The maximum atomic E-state index is 12.5. The fourth-order valence-corrected chi connectivity index (χ4v) is 7.94. The number of hydrogen-bond acceptors (Lipinski definition) is 6. The normalized spacial score (nSPS) is 21.1. The van der Waals surface area contributed by atoms with Gasteiger partial charge in [-0.15, -0.1) is 0 Å². The van der Waals surface area contributed by atoms with Crippen LogP contribution in [0.3, 0.4) is 0 Å². The number of nitrogens with two attached hydrogens (primary N) is 1. The molecule has 9 nitrogen and oxygen atoms in total. The van der Waals surface area contributed by atoms with Crippen LogP contribution in [0, 0.1) is 24.7 Å². The van der Waals surface area contributed by atoms with Crippen molar-refractivity contribution in [3.8, 4) is 11.1 Å². The van der Waals surface area contributed by atoms with Crippen molar-refractivity contribution in [2.45, 2.75) is 64.5 Å². The number of rotatable bonds is 5. The van der Waals surface area contributed by atoms with E-state index in [1.807, 2.05) is 17.9 Å². The van der Waals surface area contributed by atoms with Crippen LogP contribution in [0.5, 0.6) is 0 Å². The smallest absolute Gasteiger partial charge is 0.245 e. The molecule has 4 aliphatic rings. The molecule has 0 unspecified atom stereocenters. The first-order chi connectivity index (χ1) is 19.0. The molecule has 0 bridgehead atoms. The van der Waals surface area contributed by atoms with E-state index in [0.29, 0.717) is 29.4 Å². The number of halogens is 1. The highest BCUT2D eigenvalue weighted by Crippen LogP contribution is 2.55. The number of carbonyl (C=O) groups excluding carboxylic acids is 2. The summed E-state index contributed by atoms with van der Waals surface area (Å²) >= 11 is 6.99. The second kappa shape index (κ2) is 9.36. The number of aromatic nitrogens is 2. The molecule has 2 saturated carbocycles. The summed E-state index contributed by atoms with van der Waals surface area (Å²) in [5.74, 6) is 0.973. The van der Waals surface area contributed by atoms with Crippen LogP contribution in [-0.4, -0.2) is 75.9 Å². The lowest BCUT2D eigenvalue weighted by atomic mass is 9.60. The van der Waals surface area contributed by atoms with Gasteiger partial charge < -0.3 is 25.8 Å². The molecule has 6 rings (SSSR count). The molecule has 3 N–H and O–H groups in total. The number of benzene rings is 1. The van der Waals surface area contributed by atoms with Crippen molar-refractivity contribution < 1.29 is 9.59 Å². The molecule has 1 aromatic heterocycles. The van der Waals surface area contributed by atoms with Crippen molar-refractivity contribution in [2.24, 2.45) is 5.41 Å². The largest absolute Gasteiger partial charge is 0.398 e. The van der Waals surface area contributed by atoms with E-state index in [2.05, 4.69) is 28.0 Å². The maximum Gasteiger partial charge on any atom is 0.245 e. The Balaban J connectivity index is 1.41. The zero-order chi connectivity index (χ0) is 28.6. The molecule has 0 atom stereocenters. The van der Waals surface area contributed by atoms with Gasteiger partial charge in [0.2, 0.25) is 11.8 Å². The van der Waals surface area contributed by atoms with E-state index >= 15 is 0 Å². The predicted molar refractivity (Wildman–Crippen MR) is 158 cm³/mol. The minimum atomic E-state index is -0.160. The van der Waals surface area contributed by atoms with E-state index < -0.39 is 0 Å². The highest BCUT2D eigenvalue weighted by Gasteiger charge is 2.55. The highest BCUT2D eigenvalue weighted by molar-refractivity contribution is 6.35. The molecule has 40 heavy (non-hydrogen) atoms. The highest BCUT2D eigenvalue weighted by atomic mass is 35.5. The summed E-state index contributed by atoms with van der Waals surface area (Å²) in [6.07, 6.45) is 7.69. The molecule has 2 spiro atoms. The first kappa shape index (κ1) is 26.9. The number of piperazine rings is 1. The molecule has 0 radical (unpaired) electrons. The van der Waals surface area contributed by atoms with Crippen molar-refractivity contribution in [3.05, 3.63) is 40.6 Å². The van der Waals surface area contributed by atoms with Gasteiger partial charge in [-0.1, -0.05) is 18.2 Å². The Bertz CT molecular complexity index is 1430. The van der Waals surface area contributed by atoms with Crippen LogP contribution >= 0.6 is 11.6 Å². The molecule has 4 fully saturated rings. The molecule has 2 saturated heterocycles. The Hall–Kier alpha value is -3.33. The number of carbonyl (C=O) groups is 2. The fourth-order valence-electron chi connectivity index (χ4n) is 7.69.